The number of fused-ring (bicyclic) bond motifs is 3. The molecule has 120 valence electrons. The molecule has 0 radical (unpaired) electrons. The third-order valence-electron chi connectivity index (χ3n) is 4.57. The first-order valence-corrected chi connectivity index (χ1v) is 7.98. The number of rotatable bonds is 4. The molecule has 0 aliphatic carbocycles. The molecule has 4 heteroatoms. The van der Waals surface area contributed by atoms with Gasteiger partial charge in [-0.15, -0.1) is 0 Å². The fourth-order valence-corrected chi connectivity index (χ4v) is 3.40. The van der Waals surface area contributed by atoms with Crippen LogP contribution in [-0.4, -0.2) is 30.0 Å². The molecule has 0 bridgehead atoms. The van der Waals surface area contributed by atoms with Crippen molar-refractivity contribution in [3.63, 3.8) is 0 Å². The number of benzene rings is 2. The van der Waals surface area contributed by atoms with Crippen molar-refractivity contribution in [1.29, 1.82) is 0 Å². The molecule has 2 aromatic carbocycles. The first-order valence-electron chi connectivity index (χ1n) is 7.98. The highest BCUT2D eigenvalue weighted by molar-refractivity contribution is 5.32. The lowest BCUT2D eigenvalue weighted by Crippen LogP contribution is -2.38. The lowest BCUT2D eigenvalue weighted by atomic mass is 9.94. The Morgan fingerprint density at radius 3 is 2.65 bits per heavy atom. The minimum atomic E-state index is -0.361. The van der Waals surface area contributed by atoms with Gasteiger partial charge in [0.2, 0.25) is 0 Å². The summed E-state index contributed by atoms with van der Waals surface area (Å²) in [6.07, 6.45) is -0.970. The van der Waals surface area contributed by atoms with Gasteiger partial charge in [-0.25, -0.2) is 0 Å². The maximum atomic E-state index is 9.67. The molecule has 23 heavy (non-hydrogen) atoms. The van der Waals surface area contributed by atoms with E-state index in [4.69, 9.17) is 14.2 Å². The zero-order valence-corrected chi connectivity index (χ0v) is 12.8. The van der Waals surface area contributed by atoms with Crippen molar-refractivity contribution < 1.29 is 19.3 Å². The Balaban J connectivity index is 1.53. The molecule has 2 aromatic rings. The van der Waals surface area contributed by atoms with Gasteiger partial charge in [-0.3, -0.25) is 0 Å². The maximum absolute atomic E-state index is 9.67. The Kier molecular flexibility index (Phi) is 4.14. The van der Waals surface area contributed by atoms with Crippen LogP contribution < -0.4 is 0 Å². The lowest BCUT2D eigenvalue weighted by molar-refractivity contribution is -0.0882. The molecule has 2 aliphatic heterocycles. The molecule has 1 saturated heterocycles. The van der Waals surface area contributed by atoms with Crippen LogP contribution in [0.15, 0.2) is 54.6 Å². The fourth-order valence-electron chi connectivity index (χ4n) is 3.40. The van der Waals surface area contributed by atoms with Crippen LogP contribution in [0.3, 0.4) is 0 Å². The van der Waals surface area contributed by atoms with Crippen LogP contribution in [-0.2, 0) is 27.4 Å². The van der Waals surface area contributed by atoms with Gasteiger partial charge < -0.3 is 19.3 Å². The highest BCUT2D eigenvalue weighted by Gasteiger charge is 2.48. The first kappa shape index (κ1) is 14.8. The summed E-state index contributed by atoms with van der Waals surface area (Å²) in [6.45, 7) is 0.974. The minimum absolute atomic E-state index is 0.0714. The smallest absolute Gasteiger partial charge is 0.117 e. The molecule has 4 nitrogen and oxygen atoms in total. The molecular formula is C19H20O4. The first-order chi connectivity index (χ1) is 11.4. The third kappa shape index (κ3) is 2.79. The van der Waals surface area contributed by atoms with Gasteiger partial charge in [0.1, 0.15) is 24.4 Å². The molecule has 0 unspecified atom stereocenters. The highest BCUT2D eigenvalue weighted by atomic mass is 16.6. The molecule has 4 atom stereocenters. The number of aliphatic hydroxyl groups excluding tert-OH is 1. The van der Waals surface area contributed by atoms with E-state index in [1.165, 1.54) is 0 Å². The normalized spacial score (nSPS) is 29.1. The molecule has 0 spiro atoms. The Hall–Kier alpha value is -1.72. The Morgan fingerprint density at radius 1 is 1.04 bits per heavy atom. The quantitative estimate of drug-likeness (QED) is 0.943. The molecule has 0 aromatic heterocycles. The fraction of sp³-hybridized carbons (Fsp3) is 0.368. The number of hydrogen-bond donors (Lipinski definition) is 1. The second-order valence-corrected chi connectivity index (χ2v) is 6.01. The summed E-state index contributed by atoms with van der Waals surface area (Å²) in [5, 5.41) is 9.67. The molecule has 4 rings (SSSR count). The molecule has 0 saturated carbocycles. The van der Waals surface area contributed by atoms with E-state index in [9.17, 15) is 5.11 Å². The van der Waals surface area contributed by atoms with Crippen LogP contribution in [0.2, 0.25) is 0 Å². The second kappa shape index (κ2) is 6.42. The van der Waals surface area contributed by atoms with Crippen molar-refractivity contribution in [2.75, 3.05) is 6.61 Å². The van der Waals surface area contributed by atoms with Gasteiger partial charge in [-0.2, -0.15) is 0 Å². The summed E-state index contributed by atoms with van der Waals surface area (Å²) in [4.78, 5) is 0. The zero-order chi connectivity index (χ0) is 15.6. The van der Waals surface area contributed by atoms with Crippen LogP contribution in [0.5, 0.6) is 0 Å². The predicted octanol–water partition coefficient (Wildman–Crippen LogP) is 2.60. The second-order valence-electron chi connectivity index (χ2n) is 6.01. The predicted molar refractivity (Wildman–Crippen MR) is 84.7 cm³/mol. The lowest BCUT2D eigenvalue weighted by Gasteiger charge is -2.30. The van der Waals surface area contributed by atoms with E-state index in [0.717, 1.165) is 16.7 Å². The third-order valence-corrected chi connectivity index (χ3v) is 4.57. The topological polar surface area (TPSA) is 47.9 Å². The summed E-state index contributed by atoms with van der Waals surface area (Å²) < 4.78 is 18.1. The number of hydrogen-bond acceptors (Lipinski definition) is 4. The van der Waals surface area contributed by atoms with Crippen molar-refractivity contribution in [1.82, 2.24) is 0 Å². The van der Waals surface area contributed by atoms with Crippen LogP contribution in [0.1, 0.15) is 22.8 Å². The van der Waals surface area contributed by atoms with E-state index in [1.807, 2.05) is 42.5 Å². The standard InChI is InChI=1S/C19H20O4/c20-10-16-18(21-11-13-6-2-1-3-7-13)19-17(23-16)15-9-5-4-8-14(15)12-22-19/h1-9,16-20H,10-12H2/t16-,17+,18-,19+/m1/s1. The van der Waals surface area contributed by atoms with Gasteiger partial charge in [-0.05, 0) is 16.7 Å². The van der Waals surface area contributed by atoms with Crippen molar-refractivity contribution in [2.24, 2.45) is 0 Å². The van der Waals surface area contributed by atoms with Crippen LogP contribution >= 0.6 is 0 Å². The van der Waals surface area contributed by atoms with E-state index in [1.54, 1.807) is 0 Å². The molecule has 2 aliphatic rings. The van der Waals surface area contributed by atoms with Crippen LogP contribution in [0.4, 0.5) is 0 Å². The van der Waals surface area contributed by atoms with Crippen molar-refractivity contribution in [2.45, 2.75) is 37.6 Å². The summed E-state index contributed by atoms with van der Waals surface area (Å²) in [5.74, 6) is 0. The van der Waals surface area contributed by atoms with Crippen molar-refractivity contribution >= 4 is 0 Å². The number of ether oxygens (including phenoxy) is 3. The van der Waals surface area contributed by atoms with E-state index in [-0.39, 0.29) is 31.0 Å². The van der Waals surface area contributed by atoms with Gasteiger partial charge in [-0.1, -0.05) is 54.6 Å². The van der Waals surface area contributed by atoms with Gasteiger partial charge in [0.05, 0.1) is 19.8 Å². The Morgan fingerprint density at radius 2 is 1.83 bits per heavy atom. The van der Waals surface area contributed by atoms with Gasteiger partial charge in [0.25, 0.3) is 0 Å². The Labute approximate surface area is 135 Å². The van der Waals surface area contributed by atoms with Crippen LogP contribution in [0, 0.1) is 0 Å². The van der Waals surface area contributed by atoms with E-state index >= 15 is 0 Å². The molecule has 1 N–H and O–H groups in total. The maximum Gasteiger partial charge on any atom is 0.117 e. The van der Waals surface area contributed by atoms with E-state index in [2.05, 4.69) is 12.1 Å². The average Bonchev–Trinajstić information content (AvgIpc) is 2.99. The zero-order valence-electron chi connectivity index (χ0n) is 12.8. The highest BCUT2D eigenvalue weighted by Crippen LogP contribution is 2.42. The molecule has 2 heterocycles. The summed E-state index contributed by atoms with van der Waals surface area (Å²) in [5.41, 5.74) is 3.39. The van der Waals surface area contributed by atoms with Gasteiger partial charge in [0, 0.05) is 0 Å². The molecule has 1 fully saturated rings. The largest absolute Gasteiger partial charge is 0.394 e. The SMILES string of the molecule is OC[C@H]1O[C@H]2c3ccccc3CO[C@@H]2[C@@H]1OCc1ccccc1. The van der Waals surface area contributed by atoms with Crippen LogP contribution in [0.25, 0.3) is 0 Å². The van der Waals surface area contributed by atoms with E-state index < -0.39 is 0 Å². The monoisotopic (exact) mass is 312 g/mol. The van der Waals surface area contributed by atoms with Gasteiger partial charge in [0.15, 0.2) is 0 Å². The average molecular weight is 312 g/mol. The Bertz CT molecular complexity index is 657. The summed E-state index contributed by atoms with van der Waals surface area (Å²) in [6, 6.07) is 18.2. The minimum Gasteiger partial charge on any atom is -0.394 e. The molecular weight excluding hydrogens is 292 g/mol. The van der Waals surface area contributed by atoms with E-state index in [0.29, 0.717) is 13.2 Å². The van der Waals surface area contributed by atoms with Gasteiger partial charge >= 0.3 is 0 Å². The summed E-state index contributed by atoms with van der Waals surface area (Å²) in [7, 11) is 0. The number of aliphatic hydroxyl groups is 1. The van der Waals surface area contributed by atoms with Crippen molar-refractivity contribution in [3.8, 4) is 0 Å². The summed E-state index contributed by atoms with van der Waals surface area (Å²) >= 11 is 0. The molecule has 0 amide bonds. The van der Waals surface area contributed by atoms with Crippen molar-refractivity contribution in [3.05, 3.63) is 71.3 Å².